The second kappa shape index (κ2) is 5.92. The van der Waals surface area contributed by atoms with Crippen LogP contribution in [0.5, 0.6) is 0 Å². The monoisotopic (exact) mass is 275 g/mol. The molecule has 0 radical (unpaired) electrons. The Balaban J connectivity index is 2.80. The highest BCUT2D eigenvalue weighted by Crippen LogP contribution is 2.14. The number of esters is 1. The zero-order valence-corrected chi connectivity index (χ0v) is 10.9. The van der Waals surface area contributed by atoms with Gasteiger partial charge in [0.2, 0.25) is 10.0 Å². The molecule has 0 unspecified atom stereocenters. The fourth-order valence-corrected chi connectivity index (χ4v) is 2.43. The van der Waals surface area contributed by atoms with Crippen molar-refractivity contribution in [2.24, 2.45) is 0 Å². The molecule has 0 spiro atoms. The van der Waals surface area contributed by atoms with Crippen molar-refractivity contribution >= 4 is 16.0 Å². The molecule has 1 rings (SSSR count). The molecule has 0 amide bonds. The number of hydrogen-bond acceptors (Lipinski definition) is 4. The predicted octanol–water partition coefficient (Wildman–Crippen LogP) is 1.01. The second-order valence-corrected chi connectivity index (χ2v) is 5.65. The van der Waals surface area contributed by atoms with Crippen LogP contribution in [0.3, 0.4) is 0 Å². The third-order valence-corrected chi connectivity index (χ3v) is 4.25. The number of nitrogens with zero attached hydrogens (tertiary/aromatic N) is 1. The molecule has 1 aromatic carbocycles. The molecule has 18 heavy (non-hydrogen) atoms. The van der Waals surface area contributed by atoms with Gasteiger partial charge in [-0.05, 0) is 24.3 Å². The molecule has 7 heteroatoms. The van der Waals surface area contributed by atoms with E-state index in [-0.39, 0.29) is 17.9 Å². The van der Waals surface area contributed by atoms with E-state index < -0.39 is 21.8 Å². The highest BCUT2D eigenvalue weighted by Gasteiger charge is 2.21. The zero-order chi connectivity index (χ0) is 13.8. The maximum atomic E-state index is 12.7. The quantitative estimate of drug-likeness (QED) is 0.752. The van der Waals surface area contributed by atoms with Gasteiger partial charge in [0.15, 0.2) is 0 Å². The van der Waals surface area contributed by atoms with Crippen molar-refractivity contribution in [2.45, 2.75) is 11.3 Å². The molecule has 0 atom stereocenters. The van der Waals surface area contributed by atoms with Gasteiger partial charge in [-0.2, -0.15) is 0 Å². The molecule has 0 aliphatic rings. The summed E-state index contributed by atoms with van der Waals surface area (Å²) in [5.41, 5.74) is 0. The SMILES string of the molecule is COC(=O)CCN(C)S(=O)(=O)c1ccc(F)cc1. The summed E-state index contributed by atoms with van der Waals surface area (Å²) in [6.45, 7) is 0.00633. The molecule has 100 valence electrons. The minimum atomic E-state index is -3.70. The molecule has 0 N–H and O–H groups in total. The summed E-state index contributed by atoms with van der Waals surface area (Å²) in [4.78, 5) is 10.9. The average Bonchev–Trinajstić information content (AvgIpc) is 2.35. The van der Waals surface area contributed by atoms with Gasteiger partial charge >= 0.3 is 5.97 Å². The van der Waals surface area contributed by atoms with E-state index >= 15 is 0 Å². The van der Waals surface area contributed by atoms with Crippen molar-refractivity contribution in [3.05, 3.63) is 30.1 Å². The Hall–Kier alpha value is -1.47. The molecule has 0 saturated heterocycles. The molecule has 0 aliphatic heterocycles. The van der Waals surface area contributed by atoms with Crippen molar-refractivity contribution in [1.29, 1.82) is 0 Å². The predicted molar refractivity (Wildman–Crippen MR) is 62.8 cm³/mol. The number of hydrogen-bond donors (Lipinski definition) is 0. The summed E-state index contributed by atoms with van der Waals surface area (Å²) in [7, 11) is -1.12. The minimum absolute atomic E-state index is 0.00633. The highest BCUT2D eigenvalue weighted by atomic mass is 32.2. The first-order chi connectivity index (χ1) is 8.37. The maximum Gasteiger partial charge on any atom is 0.306 e. The van der Waals surface area contributed by atoms with Gasteiger partial charge in [0, 0.05) is 13.6 Å². The number of halogens is 1. The topological polar surface area (TPSA) is 63.7 Å². The average molecular weight is 275 g/mol. The van der Waals surface area contributed by atoms with Crippen molar-refractivity contribution in [1.82, 2.24) is 4.31 Å². The number of benzene rings is 1. The van der Waals surface area contributed by atoms with Gasteiger partial charge < -0.3 is 4.74 Å². The summed E-state index contributed by atoms with van der Waals surface area (Å²) in [6, 6.07) is 4.50. The lowest BCUT2D eigenvalue weighted by Crippen LogP contribution is -2.29. The van der Waals surface area contributed by atoms with E-state index in [2.05, 4.69) is 4.74 Å². The van der Waals surface area contributed by atoms with Gasteiger partial charge in [0.25, 0.3) is 0 Å². The number of rotatable bonds is 5. The molecule has 0 bridgehead atoms. The number of methoxy groups -OCH3 is 1. The van der Waals surface area contributed by atoms with Crippen LogP contribution < -0.4 is 0 Å². The van der Waals surface area contributed by atoms with Crippen LogP contribution in [-0.4, -0.2) is 39.4 Å². The zero-order valence-electron chi connectivity index (χ0n) is 10.1. The smallest absolute Gasteiger partial charge is 0.306 e. The second-order valence-electron chi connectivity index (χ2n) is 3.61. The summed E-state index contributed by atoms with van der Waals surface area (Å²) in [5, 5.41) is 0. The van der Waals surface area contributed by atoms with Crippen LogP contribution in [0.15, 0.2) is 29.2 Å². The first-order valence-electron chi connectivity index (χ1n) is 5.16. The molecular weight excluding hydrogens is 261 g/mol. The van der Waals surface area contributed by atoms with E-state index in [1.165, 1.54) is 26.3 Å². The lowest BCUT2D eigenvalue weighted by Gasteiger charge is -2.16. The van der Waals surface area contributed by atoms with Gasteiger partial charge in [-0.3, -0.25) is 4.79 Å². The summed E-state index contributed by atoms with van der Waals surface area (Å²) in [5.74, 6) is -0.998. The first kappa shape index (κ1) is 14.6. The van der Waals surface area contributed by atoms with Crippen molar-refractivity contribution in [3.63, 3.8) is 0 Å². The summed E-state index contributed by atoms with van der Waals surface area (Å²) in [6.07, 6.45) is -0.0343. The Kier molecular flexibility index (Phi) is 4.80. The number of sulfonamides is 1. The summed E-state index contributed by atoms with van der Waals surface area (Å²) >= 11 is 0. The first-order valence-corrected chi connectivity index (χ1v) is 6.60. The normalized spacial score (nSPS) is 11.6. The van der Waals surface area contributed by atoms with Crippen LogP contribution in [-0.2, 0) is 19.6 Å². The largest absolute Gasteiger partial charge is 0.469 e. The van der Waals surface area contributed by atoms with Gasteiger partial charge in [-0.25, -0.2) is 17.1 Å². The van der Waals surface area contributed by atoms with Crippen LogP contribution in [0.1, 0.15) is 6.42 Å². The van der Waals surface area contributed by atoms with E-state index in [1.54, 1.807) is 0 Å². The van der Waals surface area contributed by atoms with Gasteiger partial charge in [0.1, 0.15) is 5.82 Å². The van der Waals surface area contributed by atoms with Crippen molar-refractivity contribution in [2.75, 3.05) is 20.7 Å². The third-order valence-electron chi connectivity index (χ3n) is 2.38. The van der Waals surface area contributed by atoms with E-state index in [4.69, 9.17) is 0 Å². The third kappa shape index (κ3) is 3.51. The molecule has 0 aliphatic carbocycles. The van der Waals surface area contributed by atoms with E-state index in [0.717, 1.165) is 16.4 Å². The van der Waals surface area contributed by atoms with E-state index in [1.807, 2.05) is 0 Å². The van der Waals surface area contributed by atoms with Crippen molar-refractivity contribution in [3.8, 4) is 0 Å². The molecule has 0 heterocycles. The minimum Gasteiger partial charge on any atom is -0.469 e. The number of ether oxygens (including phenoxy) is 1. The Morgan fingerprint density at radius 2 is 1.89 bits per heavy atom. The highest BCUT2D eigenvalue weighted by molar-refractivity contribution is 7.89. The number of carbonyl (C=O) groups is 1. The van der Waals surface area contributed by atoms with Crippen LogP contribution in [0.2, 0.25) is 0 Å². The molecule has 0 saturated carbocycles. The summed E-state index contributed by atoms with van der Waals surface area (Å²) < 4.78 is 42.1. The van der Waals surface area contributed by atoms with Crippen LogP contribution in [0, 0.1) is 5.82 Å². The fraction of sp³-hybridized carbons (Fsp3) is 0.364. The van der Waals surface area contributed by atoms with Gasteiger partial charge in [0.05, 0.1) is 18.4 Å². The van der Waals surface area contributed by atoms with Crippen LogP contribution in [0.25, 0.3) is 0 Å². The Morgan fingerprint density at radius 1 is 1.33 bits per heavy atom. The standard InChI is InChI=1S/C11H14FNO4S/c1-13(8-7-11(14)17-2)18(15,16)10-5-3-9(12)4-6-10/h3-6H,7-8H2,1-2H3. The number of carbonyl (C=O) groups excluding carboxylic acids is 1. The van der Waals surface area contributed by atoms with Crippen molar-refractivity contribution < 1.29 is 22.3 Å². The molecule has 5 nitrogen and oxygen atoms in total. The molecule has 0 fully saturated rings. The Bertz CT molecular complexity index is 512. The Morgan fingerprint density at radius 3 is 2.39 bits per heavy atom. The van der Waals surface area contributed by atoms with E-state index in [0.29, 0.717) is 0 Å². The van der Waals surface area contributed by atoms with Crippen LogP contribution >= 0.6 is 0 Å². The lowest BCUT2D eigenvalue weighted by atomic mass is 10.4. The lowest BCUT2D eigenvalue weighted by molar-refractivity contribution is -0.140. The van der Waals surface area contributed by atoms with E-state index in [9.17, 15) is 17.6 Å². The maximum absolute atomic E-state index is 12.7. The van der Waals surface area contributed by atoms with Gasteiger partial charge in [-0.1, -0.05) is 0 Å². The van der Waals surface area contributed by atoms with Gasteiger partial charge in [-0.15, -0.1) is 0 Å². The molecule has 0 aromatic heterocycles. The molecule has 1 aromatic rings. The Labute approximate surface area is 105 Å². The van der Waals surface area contributed by atoms with Crippen LogP contribution in [0.4, 0.5) is 4.39 Å². The molecular formula is C11H14FNO4S. The fourth-order valence-electron chi connectivity index (χ4n) is 1.26.